The number of nitrogens with zero attached hydrogens (tertiary/aromatic N) is 3. The topological polar surface area (TPSA) is 108 Å². The zero-order valence-electron chi connectivity index (χ0n) is 13.8. The van der Waals surface area contributed by atoms with E-state index in [2.05, 4.69) is 5.43 Å². The molecule has 140 valence electrons. The standard InChI is InChI=1S/C14H22Cl2N6O2S/c1-25(23,24)20-4-2-11(3-5-20)21-13(17)19-22(14(21)18)12-7-9(15)6-10(16)8-12/h6-8,11,13-14,19H,2-5,17-18H2,1H3. The quantitative estimate of drug-likeness (QED) is 0.668. The third-order valence-electron chi connectivity index (χ3n) is 4.60. The fourth-order valence-electron chi connectivity index (χ4n) is 3.40. The van der Waals surface area contributed by atoms with Gasteiger partial charge in [-0.05, 0) is 31.0 Å². The van der Waals surface area contributed by atoms with Crippen molar-refractivity contribution in [2.24, 2.45) is 11.5 Å². The molecule has 11 heteroatoms. The van der Waals surface area contributed by atoms with Gasteiger partial charge in [-0.3, -0.25) is 10.7 Å². The average molecular weight is 409 g/mol. The SMILES string of the molecule is CS(=O)(=O)N1CCC(N2C(N)NN(c3cc(Cl)cc(Cl)c3)C2N)CC1. The van der Waals surface area contributed by atoms with E-state index in [4.69, 9.17) is 34.7 Å². The maximum absolute atomic E-state index is 11.7. The summed E-state index contributed by atoms with van der Waals surface area (Å²) in [6.45, 7) is 0.921. The molecule has 0 bridgehead atoms. The van der Waals surface area contributed by atoms with E-state index in [1.807, 2.05) is 4.90 Å². The predicted octanol–water partition coefficient (Wildman–Crippen LogP) is 0.529. The van der Waals surface area contributed by atoms with Gasteiger partial charge in [0.25, 0.3) is 0 Å². The lowest BCUT2D eigenvalue weighted by atomic mass is 10.1. The molecule has 1 aromatic rings. The van der Waals surface area contributed by atoms with Gasteiger partial charge in [-0.1, -0.05) is 23.2 Å². The molecule has 0 amide bonds. The number of halogens is 2. The van der Waals surface area contributed by atoms with Crippen molar-refractivity contribution in [3.63, 3.8) is 0 Å². The van der Waals surface area contributed by atoms with Gasteiger partial charge >= 0.3 is 0 Å². The molecule has 3 rings (SSSR count). The van der Waals surface area contributed by atoms with Crippen molar-refractivity contribution in [2.75, 3.05) is 24.4 Å². The van der Waals surface area contributed by atoms with E-state index in [0.29, 0.717) is 36.0 Å². The molecule has 2 heterocycles. The fraction of sp³-hybridized carbons (Fsp3) is 0.571. The molecule has 8 nitrogen and oxygen atoms in total. The van der Waals surface area contributed by atoms with E-state index in [1.165, 1.54) is 10.6 Å². The summed E-state index contributed by atoms with van der Waals surface area (Å²) in [5.74, 6) is 0. The number of piperidine rings is 1. The molecule has 0 aliphatic carbocycles. The maximum Gasteiger partial charge on any atom is 0.211 e. The van der Waals surface area contributed by atoms with E-state index < -0.39 is 22.6 Å². The third kappa shape index (κ3) is 4.04. The second kappa shape index (κ2) is 7.16. The largest absolute Gasteiger partial charge is 0.302 e. The normalized spacial score (nSPS) is 27.2. The summed E-state index contributed by atoms with van der Waals surface area (Å²) in [6.07, 6.45) is 1.56. The van der Waals surface area contributed by atoms with Crippen LogP contribution in [0.15, 0.2) is 18.2 Å². The summed E-state index contributed by atoms with van der Waals surface area (Å²) in [5.41, 5.74) is 16.5. The molecule has 5 N–H and O–H groups in total. The van der Waals surface area contributed by atoms with Gasteiger partial charge in [-0.25, -0.2) is 23.0 Å². The lowest BCUT2D eigenvalue weighted by Crippen LogP contribution is -2.57. The Morgan fingerprint density at radius 2 is 1.68 bits per heavy atom. The van der Waals surface area contributed by atoms with E-state index in [0.717, 1.165) is 5.69 Å². The van der Waals surface area contributed by atoms with E-state index in [1.54, 1.807) is 23.2 Å². The summed E-state index contributed by atoms with van der Waals surface area (Å²) < 4.78 is 24.8. The summed E-state index contributed by atoms with van der Waals surface area (Å²) >= 11 is 12.1. The van der Waals surface area contributed by atoms with Crippen LogP contribution in [-0.4, -0.2) is 55.6 Å². The van der Waals surface area contributed by atoms with Crippen LogP contribution in [0.4, 0.5) is 5.69 Å². The number of rotatable bonds is 3. The smallest absolute Gasteiger partial charge is 0.211 e. The average Bonchev–Trinajstić information content (AvgIpc) is 2.80. The Bertz CT molecular complexity index is 721. The minimum atomic E-state index is -3.17. The second-order valence-electron chi connectivity index (χ2n) is 6.33. The third-order valence-corrected chi connectivity index (χ3v) is 6.34. The number of anilines is 1. The minimum Gasteiger partial charge on any atom is -0.302 e. The molecule has 2 aliphatic heterocycles. The van der Waals surface area contributed by atoms with Gasteiger partial charge in [0.2, 0.25) is 10.0 Å². The highest BCUT2D eigenvalue weighted by molar-refractivity contribution is 7.88. The Morgan fingerprint density at radius 3 is 2.20 bits per heavy atom. The van der Waals surface area contributed by atoms with Gasteiger partial charge in [-0.15, -0.1) is 0 Å². The summed E-state index contributed by atoms with van der Waals surface area (Å²) in [6, 6.07) is 5.23. The summed E-state index contributed by atoms with van der Waals surface area (Å²) in [7, 11) is -3.17. The Labute approximate surface area is 157 Å². The molecule has 2 fully saturated rings. The highest BCUT2D eigenvalue weighted by Crippen LogP contribution is 2.30. The van der Waals surface area contributed by atoms with Crippen molar-refractivity contribution < 1.29 is 8.42 Å². The first-order valence-corrected chi connectivity index (χ1v) is 10.5. The molecule has 0 aromatic heterocycles. The molecule has 0 saturated carbocycles. The maximum atomic E-state index is 11.7. The van der Waals surface area contributed by atoms with Gasteiger partial charge in [0, 0.05) is 29.2 Å². The molecule has 2 atom stereocenters. The molecular weight excluding hydrogens is 387 g/mol. The summed E-state index contributed by atoms with van der Waals surface area (Å²) in [5, 5.41) is 2.74. The van der Waals surface area contributed by atoms with E-state index >= 15 is 0 Å². The Balaban J connectivity index is 1.74. The fourth-order valence-corrected chi connectivity index (χ4v) is 4.79. The first-order valence-electron chi connectivity index (χ1n) is 7.92. The van der Waals surface area contributed by atoms with Gasteiger partial charge in [-0.2, -0.15) is 0 Å². The summed E-state index contributed by atoms with van der Waals surface area (Å²) in [4.78, 5) is 1.95. The molecule has 1 aromatic carbocycles. The number of hydrogen-bond acceptors (Lipinski definition) is 7. The van der Waals surface area contributed by atoms with Crippen LogP contribution in [0.5, 0.6) is 0 Å². The minimum absolute atomic E-state index is 0.0788. The van der Waals surface area contributed by atoms with Crippen LogP contribution in [0.3, 0.4) is 0 Å². The lowest BCUT2D eigenvalue weighted by molar-refractivity contribution is 0.0893. The Kier molecular flexibility index (Phi) is 5.48. The predicted molar refractivity (Wildman–Crippen MR) is 99.3 cm³/mol. The molecular formula is C14H22Cl2N6O2S. The van der Waals surface area contributed by atoms with Crippen LogP contribution in [0.2, 0.25) is 10.0 Å². The Hall–Kier alpha value is -0.650. The van der Waals surface area contributed by atoms with E-state index in [-0.39, 0.29) is 6.04 Å². The van der Waals surface area contributed by atoms with Gasteiger partial charge in [0.15, 0.2) is 6.29 Å². The molecule has 2 saturated heterocycles. The van der Waals surface area contributed by atoms with Gasteiger partial charge < -0.3 is 5.73 Å². The monoisotopic (exact) mass is 408 g/mol. The van der Waals surface area contributed by atoms with Crippen LogP contribution in [0.25, 0.3) is 0 Å². The van der Waals surface area contributed by atoms with Crippen LogP contribution < -0.4 is 21.9 Å². The van der Waals surface area contributed by atoms with Crippen molar-refractivity contribution in [2.45, 2.75) is 31.5 Å². The number of sulfonamides is 1. The van der Waals surface area contributed by atoms with Crippen molar-refractivity contribution in [1.29, 1.82) is 0 Å². The number of nitrogens with two attached hydrogens (primary N) is 2. The zero-order valence-corrected chi connectivity index (χ0v) is 16.1. The van der Waals surface area contributed by atoms with Crippen molar-refractivity contribution >= 4 is 38.9 Å². The number of benzene rings is 1. The molecule has 0 spiro atoms. The first-order chi connectivity index (χ1) is 11.7. The van der Waals surface area contributed by atoms with Crippen molar-refractivity contribution in [1.82, 2.24) is 14.6 Å². The van der Waals surface area contributed by atoms with Crippen LogP contribution in [0, 0.1) is 0 Å². The molecule has 25 heavy (non-hydrogen) atoms. The van der Waals surface area contributed by atoms with Gasteiger partial charge in [0.05, 0.1) is 11.9 Å². The van der Waals surface area contributed by atoms with Crippen LogP contribution in [-0.2, 0) is 10.0 Å². The highest BCUT2D eigenvalue weighted by atomic mass is 35.5. The first kappa shape index (κ1) is 19.1. The van der Waals surface area contributed by atoms with Crippen LogP contribution >= 0.6 is 23.2 Å². The number of hydrazine groups is 1. The molecule has 2 aliphatic rings. The van der Waals surface area contributed by atoms with E-state index in [9.17, 15) is 8.42 Å². The Morgan fingerprint density at radius 1 is 1.12 bits per heavy atom. The van der Waals surface area contributed by atoms with Crippen LogP contribution in [0.1, 0.15) is 12.8 Å². The number of nitrogens with one attached hydrogen (secondary N) is 1. The molecule has 0 radical (unpaired) electrons. The van der Waals surface area contributed by atoms with Crippen molar-refractivity contribution in [3.05, 3.63) is 28.2 Å². The van der Waals surface area contributed by atoms with Crippen molar-refractivity contribution in [3.8, 4) is 0 Å². The van der Waals surface area contributed by atoms with Gasteiger partial charge in [0.1, 0.15) is 6.29 Å². The lowest BCUT2D eigenvalue weighted by Gasteiger charge is -2.38. The molecule has 2 unspecified atom stereocenters. The zero-order chi connectivity index (χ0) is 18.4. The second-order valence-corrected chi connectivity index (χ2v) is 9.18. The highest BCUT2D eigenvalue weighted by Gasteiger charge is 2.41. The number of hydrogen-bond donors (Lipinski definition) is 3.